The van der Waals surface area contributed by atoms with Crippen LogP contribution in [0.1, 0.15) is 5.56 Å². The lowest BCUT2D eigenvalue weighted by atomic mass is 10.1. The lowest BCUT2D eigenvalue weighted by molar-refractivity contribution is -0.324. The minimum absolute atomic E-state index is 0.270. The summed E-state index contributed by atoms with van der Waals surface area (Å²) in [7, 11) is 0. The molecule has 2 aromatic rings. The highest BCUT2D eigenvalue weighted by molar-refractivity contribution is 5.85. The van der Waals surface area contributed by atoms with Crippen molar-refractivity contribution in [1.29, 1.82) is 0 Å². The zero-order valence-corrected chi connectivity index (χ0v) is 10.5. The van der Waals surface area contributed by atoms with Gasteiger partial charge >= 0.3 is 12.4 Å². The van der Waals surface area contributed by atoms with E-state index in [1.807, 2.05) is 0 Å². The normalized spacial score (nSPS) is 13.1. The Hall–Kier alpha value is -1.76. The topological polar surface area (TPSA) is 9.23 Å². The van der Waals surface area contributed by atoms with Crippen LogP contribution in [0, 0.1) is 0 Å². The average molecular weight is 308 g/mol. The molecule has 7 heteroatoms. The Morgan fingerprint density at radius 2 is 1.38 bits per heavy atom. The van der Waals surface area contributed by atoms with E-state index in [0.717, 1.165) is 0 Å². The first kappa shape index (κ1) is 15.6. The summed E-state index contributed by atoms with van der Waals surface area (Å²) in [6.07, 6.45) is -14.8. The van der Waals surface area contributed by atoms with Crippen LogP contribution >= 0.6 is 0 Å². The van der Waals surface area contributed by atoms with Crippen LogP contribution in [0.15, 0.2) is 42.5 Å². The second-order valence-electron chi connectivity index (χ2n) is 4.41. The third-order valence-electron chi connectivity index (χ3n) is 2.88. The highest BCUT2D eigenvalue weighted by Gasteiger charge is 2.57. The number of halogens is 6. The first-order valence-electron chi connectivity index (χ1n) is 5.91. The molecule has 0 heterocycles. The summed E-state index contributed by atoms with van der Waals surface area (Å²) >= 11 is 0. The van der Waals surface area contributed by atoms with Gasteiger partial charge in [-0.15, -0.1) is 0 Å². The second-order valence-corrected chi connectivity index (χ2v) is 4.41. The number of rotatable bonds is 3. The second kappa shape index (κ2) is 5.55. The number of fused-ring (bicyclic) bond motifs is 1. The molecule has 0 aliphatic carbocycles. The van der Waals surface area contributed by atoms with Gasteiger partial charge in [-0.1, -0.05) is 42.5 Å². The van der Waals surface area contributed by atoms with Gasteiger partial charge in [0.25, 0.3) is 0 Å². The van der Waals surface area contributed by atoms with Gasteiger partial charge in [0.2, 0.25) is 6.10 Å². The molecular weight excluding hydrogens is 298 g/mol. The fourth-order valence-electron chi connectivity index (χ4n) is 1.97. The van der Waals surface area contributed by atoms with E-state index in [9.17, 15) is 26.3 Å². The number of hydrogen-bond acceptors (Lipinski definition) is 1. The maximum absolute atomic E-state index is 12.4. The molecule has 0 spiro atoms. The van der Waals surface area contributed by atoms with Crippen molar-refractivity contribution in [2.75, 3.05) is 0 Å². The van der Waals surface area contributed by atoms with Crippen LogP contribution in [0.2, 0.25) is 0 Å². The molecule has 0 aliphatic rings. The fraction of sp³-hybridized carbons (Fsp3) is 0.286. The highest BCUT2D eigenvalue weighted by Crippen LogP contribution is 2.36. The third kappa shape index (κ3) is 3.66. The molecular formula is C14H10F6O. The van der Waals surface area contributed by atoms with Crippen LogP contribution in [0.25, 0.3) is 10.8 Å². The zero-order chi connectivity index (χ0) is 15.7. The Morgan fingerprint density at radius 3 is 2.00 bits per heavy atom. The van der Waals surface area contributed by atoms with E-state index in [0.29, 0.717) is 10.8 Å². The molecule has 114 valence electrons. The Bertz CT molecular complexity index is 597. The predicted octanol–water partition coefficient (Wildman–Crippen LogP) is 4.85. The van der Waals surface area contributed by atoms with Crippen molar-refractivity contribution >= 4 is 10.8 Å². The summed E-state index contributed by atoms with van der Waals surface area (Å²) in [4.78, 5) is 0. The summed E-state index contributed by atoms with van der Waals surface area (Å²) in [5.41, 5.74) is 0.270. The Morgan fingerprint density at radius 1 is 0.810 bits per heavy atom. The zero-order valence-electron chi connectivity index (χ0n) is 10.5. The maximum atomic E-state index is 12.4. The van der Waals surface area contributed by atoms with Crippen LogP contribution in [0.3, 0.4) is 0 Å². The fourth-order valence-corrected chi connectivity index (χ4v) is 1.97. The first-order valence-corrected chi connectivity index (χ1v) is 5.91. The van der Waals surface area contributed by atoms with Gasteiger partial charge in [-0.05, 0) is 16.3 Å². The molecule has 0 N–H and O–H groups in total. The quantitative estimate of drug-likeness (QED) is 0.737. The van der Waals surface area contributed by atoms with E-state index in [-0.39, 0.29) is 5.56 Å². The number of benzene rings is 2. The SMILES string of the molecule is FC(F)(F)C(OCc1cccc2ccccc12)C(F)(F)F. The van der Waals surface area contributed by atoms with Crippen molar-refractivity contribution in [2.24, 2.45) is 0 Å². The molecule has 0 bridgehead atoms. The van der Waals surface area contributed by atoms with Gasteiger partial charge in [0.15, 0.2) is 0 Å². The first-order chi connectivity index (χ1) is 9.69. The summed E-state index contributed by atoms with van der Waals surface area (Å²) in [5, 5.41) is 1.28. The Labute approximate surface area is 116 Å². The summed E-state index contributed by atoms with van der Waals surface area (Å²) in [5.74, 6) is 0. The minimum Gasteiger partial charge on any atom is -0.356 e. The third-order valence-corrected chi connectivity index (χ3v) is 2.88. The van der Waals surface area contributed by atoms with E-state index < -0.39 is 25.1 Å². The molecule has 0 aliphatic heterocycles. The number of alkyl halides is 6. The van der Waals surface area contributed by atoms with Gasteiger partial charge in [-0.3, -0.25) is 0 Å². The smallest absolute Gasteiger partial charge is 0.356 e. The minimum atomic E-state index is -5.50. The molecule has 21 heavy (non-hydrogen) atoms. The van der Waals surface area contributed by atoms with E-state index >= 15 is 0 Å². The van der Waals surface area contributed by atoms with Crippen molar-refractivity contribution in [3.63, 3.8) is 0 Å². The van der Waals surface area contributed by atoms with Crippen LogP contribution < -0.4 is 0 Å². The number of ether oxygens (including phenoxy) is 1. The van der Waals surface area contributed by atoms with E-state index in [1.165, 1.54) is 6.07 Å². The van der Waals surface area contributed by atoms with Gasteiger partial charge in [-0.2, -0.15) is 26.3 Å². The number of hydrogen-bond donors (Lipinski definition) is 0. The molecule has 0 aromatic heterocycles. The molecule has 0 saturated heterocycles. The summed E-state index contributed by atoms with van der Waals surface area (Å²) in [6, 6.07) is 11.4. The molecule has 1 nitrogen and oxygen atoms in total. The van der Waals surface area contributed by atoms with Crippen LogP contribution in [0.4, 0.5) is 26.3 Å². The van der Waals surface area contributed by atoms with Crippen LogP contribution in [0.5, 0.6) is 0 Å². The van der Waals surface area contributed by atoms with Gasteiger partial charge in [0.05, 0.1) is 6.61 Å². The van der Waals surface area contributed by atoms with Crippen molar-refractivity contribution in [1.82, 2.24) is 0 Å². The average Bonchev–Trinajstić information content (AvgIpc) is 2.36. The predicted molar refractivity (Wildman–Crippen MR) is 64.6 cm³/mol. The lowest BCUT2D eigenvalue weighted by Crippen LogP contribution is -2.44. The van der Waals surface area contributed by atoms with Crippen molar-refractivity contribution in [3.8, 4) is 0 Å². The molecule has 0 atom stereocenters. The Kier molecular flexibility index (Phi) is 4.13. The van der Waals surface area contributed by atoms with Gasteiger partial charge in [0.1, 0.15) is 0 Å². The Balaban J connectivity index is 2.24. The molecule has 0 fully saturated rings. The summed E-state index contributed by atoms with van der Waals surface area (Å²) in [6.45, 7) is -0.773. The van der Waals surface area contributed by atoms with Gasteiger partial charge in [-0.25, -0.2) is 0 Å². The molecule has 2 rings (SSSR count). The molecule has 2 aromatic carbocycles. The van der Waals surface area contributed by atoms with E-state index in [2.05, 4.69) is 4.74 Å². The van der Waals surface area contributed by atoms with Crippen molar-refractivity contribution in [3.05, 3.63) is 48.0 Å². The van der Waals surface area contributed by atoms with E-state index in [4.69, 9.17) is 0 Å². The van der Waals surface area contributed by atoms with Crippen LogP contribution in [-0.4, -0.2) is 18.5 Å². The van der Waals surface area contributed by atoms with Gasteiger partial charge < -0.3 is 4.74 Å². The highest BCUT2D eigenvalue weighted by atomic mass is 19.4. The van der Waals surface area contributed by atoms with Crippen molar-refractivity contribution < 1.29 is 31.1 Å². The summed E-state index contributed by atoms with van der Waals surface area (Å²) < 4.78 is 78.4. The molecule has 0 saturated carbocycles. The standard InChI is InChI=1S/C14H10F6O/c15-13(16,17)12(14(18,19)20)21-8-10-6-3-5-9-4-1-2-7-11(9)10/h1-7,12H,8H2. The molecule has 0 amide bonds. The maximum Gasteiger partial charge on any atom is 0.423 e. The van der Waals surface area contributed by atoms with Crippen molar-refractivity contribution in [2.45, 2.75) is 25.1 Å². The van der Waals surface area contributed by atoms with E-state index in [1.54, 1.807) is 36.4 Å². The lowest BCUT2D eigenvalue weighted by Gasteiger charge is -2.23. The monoisotopic (exact) mass is 308 g/mol. The largest absolute Gasteiger partial charge is 0.423 e. The van der Waals surface area contributed by atoms with Gasteiger partial charge in [0, 0.05) is 0 Å². The van der Waals surface area contributed by atoms with Crippen LogP contribution in [-0.2, 0) is 11.3 Å². The molecule has 0 radical (unpaired) electrons. The molecule has 0 unspecified atom stereocenters.